The Balaban J connectivity index is 1.64. The van der Waals surface area contributed by atoms with Crippen molar-refractivity contribution in [2.45, 2.75) is 0 Å². The first-order chi connectivity index (χ1) is 14.9. The maximum atomic E-state index is 12.5. The first kappa shape index (κ1) is 21.9. The van der Waals surface area contributed by atoms with Crippen LogP contribution >= 0.6 is 24.4 Å². The van der Waals surface area contributed by atoms with Crippen LogP contribution in [0.15, 0.2) is 78.9 Å². The van der Waals surface area contributed by atoms with Crippen LogP contribution in [0.4, 0.5) is 11.4 Å². The molecule has 9 heteroatoms. The average molecular weight is 451 g/mol. The van der Waals surface area contributed by atoms with Gasteiger partial charge in [-0.15, -0.1) is 0 Å². The van der Waals surface area contributed by atoms with E-state index < -0.39 is 11.8 Å². The predicted octanol–water partition coefficient (Wildman–Crippen LogP) is 3.65. The Labute approximate surface area is 189 Å². The molecule has 0 aromatic heterocycles. The highest BCUT2D eigenvalue weighted by molar-refractivity contribution is 7.80. The molecule has 0 saturated carbocycles. The number of aromatic hydroxyl groups is 1. The Morgan fingerprint density at radius 1 is 0.645 bits per heavy atom. The van der Waals surface area contributed by atoms with Crippen molar-refractivity contribution >= 4 is 57.8 Å². The largest absolute Gasteiger partial charge is 0.508 e. The number of para-hydroxylation sites is 2. The number of hydrogen-bond acceptors (Lipinski definition) is 5. The van der Waals surface area contributed by atoms with Crippen LogP contribution in [0.3, 0.4) is 0 Å². The standard InChI is InChI=1S/C22H18N4O3S2/c27-18-12-14(19(28)25-21(30)23-16-7-3-1-4-8-16)11-15(13-18)20(29)26-22(31)24-17-9-5-2-6-10-17/h1-13,27H,(H2,23,25,28,30)(H2,24,26,29,31). The zero-order valence-corrected chi connectivity index (χ0v) is 17.7. The molecule has 0 aliphatic heterocycles. The molecule has 5 N–H and O–H groups in total. The van der Waals surface area contributed by atoms with E-state index in [1.54, 1.807) is 24.3 Å². The van der Waals surface area contributed by atoms with Gasteiger partial charge < -0.3 is 15.7 Å². The fourth-order valence-corrected chi connectivity index (χ4v) is 3.01. The highest BCUT2D eigenvalue weighted by atomic mass is 32.1. The Morgan fingerprint density at radius 3 is 1.42 bits per heavy atom. The minimum absolute atomic E-state index is 0.0595. The summed E-state index contributed by atoms with van der Waals surface area (Å²) in [5.41, 5.74) is 1.54. The minimum Gasteiger partial charge on any atom is -0.508 e. The lowest BCUT2D eigenvalue weighted by atomic mass is 10.1. The lowest BCUT2D eigenvalue weighted by Crippen LogP contribution is -2.35. The van der Waals surface area contributed by atoms with E-state index in [0.29, 0.717) is 11.4 Å². The minimum atomic E-state index is -0.580. The molecule has 3 aromatic carbocycles. The Bertz CT molecular complexity index is 1040. The van der Waals surface area contributed by atoms with Crippen LogP contribution in [0.2, 0.25) is 0 Å². The van der Waals surface area contributed by atoms with Gasteiger partial charge in [-0.05, 0) is 66.9 Å². The van der Waals surface area contributed by atoms with Crippen molar-refractivity contribution in [3.05, 3.63) is 90.0 Å². The predicted molar refractivity (Wildman–Crippen MR) is 128 cm³/mol. The van der Waals surface area contributed by atoms with Gasteiger partial charge in [0.25, 0.3) is 11.8 Å². The van der Waals surface area contributed by atoms with Gasteiger partial charge >= 0.3 is 0 Å². The van der Waals surface area contributed by atoms with Crippen LogP contribution in [-0.2, 0) is 0 Å². The molecule has 0 fully saturated rings. The SMILES string of the molecule is O=C(NC(=S)Nc1ccccc1)c1cc(O)cc(C(=O)NC(=S)Nc2ccccc2)c1. The summed E-state index contributed by atoms with van der Waals surface area (Å²) < 4.78 is 0. The molecule has 0 bridgehead atoms. The third-order valence-corrected chi connectivity index (χ3v) is 4.37. The van der Waals surface area contributed by atoms with Gasteiger partial charge in [-0.3, -0.25) is 20.2 Å². The molecule has 0 atom stereocenters. The highest BCUT2D eigenvalue weighted by Gasteiger charge is 2.15. The van der Waals surface area contributed by atoms with Crippen molar-refractivity contribution in [3.63, 3.8) is 0 Å². The molecule has 0 radical (unpaired) electrons. The summed E-state index contributed by atoms with van der Waals surface area (Å²) in [5, 5.41) is 20.9. The summed E-state index contributed by atoms with van der Waals surface area (Å²) in [6.45, 7) is 0. The maximum absolute atomic E-state index is 12.5. The number of carbonyl (C=O) groups is 2. The third-order valence-electron chi connectivity index (χ3n) is 3.96. The van der Waals surface area contributed by atoms with Crippen LogP contribution in [0.5, 0.6) is 5.75 Å². The molecule has 0 unspecified atom stereocenters. The average Bonchev–Trinajstić information content (AvgIpc) is 2.74. The number of amides is 2. The number of phenols is 1. The fraction of sp³-hybridized carbons (Fsp3) is 0. The van der Waals surface area contributed by atoms with Crippen molar-refractivity contribution in [2.75, 3.05) is 10.6 Å². The number of hydrogen-bond donors (Lipinski definition) is 5. The second-order valence-electron chi connectivity index (χ2n) is 6.32. The summed E-state index contributed by atoms with van der Waals surface area (Å²) in [4.78, 5) is 25.0. The molecule has 0 spiro atoms. The van der Waals surface area contributed by atoms with Gasteiger partial charge in [0, 0.05) is 22.5 Å². The molecule has 156 valence electrons. The van der Waals surface area contributed by atoms with Crippen molar-refractivity contribution in [3.8, 4) is 5.75 Å². The van der Waals surface area contributed by atoms with E-state index in [1.807, 2.05) is 36.4 Å². The molecule has 3 aromatic rings. The van der Waals surface area contributed by atoms with Crippen molar-refractivity contribution in [1.82, 2.24) is 10.6 Å². The third kappa shape index (κ3) is 6.59. The van der Waals surface area contributed by atoms with E-state index in [4.69, 9.17) is 24.4 Å². The highest BCUT2D eigenvalue weighted by Crippen LogP contribution is 2.16. The first-order valence-electron chi connectivity index (χ1n) is 9.09. The van der Waals surface area contributed by atoms with Crippen molar-refractivity contribution in [1.29, 1.82) is 0 Å². The molecule has 0 aliphatic rings. The van der Waals surface area contributed by atoms with Gasteiger partial charge in [0.05, 0.1) is 0 Å². The number of anilines is 2. The van der Waals surface area contributed by atoms with E-state index in [1.165, 1.54) is 18.2 Å². The van der Waals surface area contributed by atoms with Gasteiger partial charge in [0.15, 0.2) is 10.2 Å². The topological polar surface area (TPSA) is 102 Å². The molecule has 31 heavy (non-hydrogen) atoms. The van der Waals surface area contributed by atoms with Crippen LogP contribution < -0.4 is 21.3 Å². The number of thiocarbonyl (C=S) groups is 2. The van der Waals surface area contributed by atoms with E-state index in [9.17, 15) is 14.7 Å². The number of carbonyl (C=O) groups excluding carboxylic acids is 2. The van der Waals surface area contributed by atoms with Crippen molar-refractivity contribution in [2.24, 2.45) is 0 Å². The summed E-state index contributed by atoms with van der Waals surface area (Å²) in [6.07, 6.45) is 0. The lowest BCUT2D eigenvalue weighted by molar-refractivity contribution is 0.0976. The molecular formula is C22H18N4O3S2. The van der Waals surface area contributed by atoms with Crippen LogP contribution in [-0.4, -0.2) is 27.1 Å². The number of nitrogens with one attached hydrogen (secondary N) is 4. The first-order valence-corrected chi connectivity index (χ1v) is 9.91. The molecule has 7 nitrogen and oxygen atoms in total. The van der Waals surface area contributed by atoms with Gasteiger partial charge in [0.2, 0.25) is 0 Å². The van der Waals surface area contributed by atoms with E-state index >= 15 is 0 Å². The number of benzene rings is 3. The van der Waals surface area contributed by atoms with Gasteiger partial charge in [-0.1, -0.05) is 36.4 Å². The molecule has 0 saturated heterocycles. The normalized spacial score (nSPS) is 9.94. The zero-order valence-electron chi connectivity index (χ0n) is 16.1. The molecule has 0 heterocycles. The van der Waals surface area contributed by atoms with Crippen LogP contribution in [0.25, 0.3) is 0 Å². The lowest BCUT2D eigenvalue weighted by Gasteiger charge is -2.12. The van der Waals surface area contributed by atoms with E-state index in [2.05, 4.69) is 21.3 Å². The maximum Gasteiger partial charge on any atom is 0.257 e. The summed E-state index contributed by atoms with van der Waals surface area (Å²) in [5.74, 6) is -1.41. The summed E-state index contributed by atoms with van der Waals surface area (Å²) >= 11 is 10.3. The molecule has 2 amide bonds. The Hall–Kier alpha value is -3.82. The van der Waals surface area contributed by atoms with E-state index in [-0.39, 0.29) is 27.1 Å². The number of rotatable bonds is 4. The number of phenolic OH excluding ortho intramolecular Hbond substituents is 1. The molecular weight excluding hydrogens is 432 g/mol. The smallest absolute Gasteiger partial charge is 0.257 e. The monoisotopic (exact) mass is 450 g/mol. The summed E-state index contributed by atoms with van der Waals surface area (Å²) in [7, 11) is 0. The van der Waals surface area contributed by atoms with Crippen LogP contribution in [0.1, 0.15) is 20.7 Å². The fourth-order valence-electron chi connectivity index (χ4n) is 2.59. The van der Waals surface area contributed by atoms with Gasteiger partial charge in [0.1, 0.15) is 5.75 Å². The quantitative estimate of drug-likeness (QED) is 0.387. The zero-order chi connectivity index (χ0) is 22.2. The second kappa shape index (κ2) is 10.3. The second-order valence-corrected chi connectivity index (χ2v) is 7.13. The molecule has 0 aliphatic carbocycles. The summed E-state index contributed by atoms with van der Waals surface area (Å²) in [6, 6.07) is 22.0. The van der Waals surface area contributed by atoms with Gasteiger partial charge in [-0.25, -0.2) is 0 Å². The Morgan fingerprint density at radius 2 is 1.03 bits per heavy atom. The Kier molecular flexibility index (Phi) is 7.26. The van der Waals surface area contributed by atoms with Crippen LogP contribution in [0, 0.1) is 0 Å². The molecule has 3 rings (SSSR count). The van der Waals surface area contributed by atoms with Crippen molar-refractivity contribution < 1.29 is 14.7 Å². The van der Waals surface area contributed by atoms with E-state index in [0.717, 1.165) is 0 Å². The van der Waals surface area contributed by atoms with Gasteiger partial charge in [-0.2, -0.15) is 0 Å².